The first-order valence-electron chi connectivity index (χ1n) is 13.8. The average molecular weight is 548 g/mol. The highest BCUT2D eigenvalue weighted by Crippen LogP contribution is 2.41. The molecule has 2 aromatic carbocycles. The number of hydrogen-bond acceptors (Lipinski definition) is 8. The molecule has 1 saturated heterocycles. The number of non-ortho nitro benzene ring substituents is 1. The first-order valence-corrected chi connectivity index (χ1v) is 13.8. The number of likely N-dealkylation sites (tertiary alicyclic amines) is 1. The summed E-state index contributed by atoms with van der Waals surface area (Å²) >= 11 is 0. The van der Waals surface area contributed by atoms with E-state index in [0.717, 1.165) is 31.5 Å². The van der Waals surface area contributed by atoms with E-state index < -0.39 is 35.0 Å². The molecule has 40 heavy (non-hydrogen) atoms. The van der Waals surface area contributed by atoms with Gasteiger partial charge in [0.1, 0.15) is 6.10 Å². The van der Waals surface area contributed by atoms with Crippen LogP contribution in [0.25, 0.3) is 0 Å². The van der Waals surface area contributed by atoms with Crippen molar-refractivity contribution >= 4 is 17.6 Å². The summed E-state index contributed by atoms with van der Waals surface area (Å²) in [6, 6.07) is 15.6. The van der Waals surface area contributed by atoms with Crippen molar-refractivity contribution in [1.82, 2.24) is 10.2 Å². The van der Waals surface area contributed by atoms with Crippen LogP contribution in [-0.2, 0) is 19.1 Å². The largest absolute Gasteiger partial charge is 0.460 e. The molecular formula is C31H37N3O6. The van der Waals surface area contributed by atoms with Crippen LogP contribution in [0.5, 0.6) is 0 Å². The van der Waals surface area contributed by atoms with Gasteiger partial charge in [-0.2, -0.15) is 0 Å². The molecule has 2 aromatic rings. The Kier molecular flexibility index (Phi) is 9.37. The van der Waals surface area contributed by atoms with E-state index in [4.69, 9.17) is 9.47 Å². The minimum Gasteiger partial charge on any atom is -0.460 e. The van der Waals surface area contributed by atoms with Gasteiger partial charge >= 0.3 is 11.9 Å². The highest BCUT2D eigenvalue weighted by atomic mass is 16.6. The van der Waals surface area contributed by atoms with Crippen LogP contribution >= 0.6 is 0 Å². The lowest BCUT2D eigenvalue weighted by atomic mass is 9.80. The highest BCUT2D eigenvalue weighted by Gasteiger charge is 2.39. The maximum Gasteiger partial charge on any atom is 0.337 e. The van der Waals surface area contributed by atoms with Crippen LogP contribution in [0.4, 0.5) is 5.69 Å². The Labute approximate surface area is 235 Å². The Balaban J connectivity index is 1.75. The monoisotopic (exact) mass is 547 g/mol. The van der Waals surface area contributed by atoms with Crippen LogP contribution in [0.1, 0.15) is 70.1 Å². The molecule has 1 N–H and O–H groups in total. The lowest BCUT2D eigenvalue weighted by Gasteiger charge is -2.33. The molecule has 9 nitrogen and oxygen atoms in total. The summed E-state index contributed by atoms with van der Waals surface area (Å²) in [5.74, 6) is -2.09. The summed E-state index contributed by atoms with van der Waals surface area (Å²) in [5, 5.41) is 14.8. The number of carbonyl (C=O) groups is 2. The Bertz CT molecular complexity index is 1310. The van der Waals surface area contributed by atoms with E-state index in [2.05, 4.69) is 10.2 Å². The molecule has 2 unspecified atom stereocenters. The molecule has 0 saturated carbocycles. The average Bonchev–Trinajstić information content (AvgIpc) is 2.92. The summed E-state index contributed by atoms with van der Waals surface area (Å²) in [6.45, 7) is 9.39. The molecule has 212 valence electrons. The Morgan fingerprint density at radius 1 is 0.950 bits per heavy atom. The number of hydrogen-bond donors (Lipinski definition) is 1. The van der Waals surface area contributed by atoms with Crippen molar-refractivity contribution in [2.45, 2.75) is 65.1 Å². The number of rotatable bonds is 9. The first-order chi connectivity index (χ1) is 19.2. The SMILES string of the molecule is CC1=C(C(=O)OC(C)C)C(c2cccc([N+](=O)[O-])c2)C(C(=O)OC(CN2CCCCC2)c2ccccc2)=C(C)N1. The lowest BCUT2D eigenvalue weighted by Crippen LogP contribution is -2.36. The van der Waals surface area contributed by atoms with Crippen molar-refractivity contribution in [3.05, 3.63) is 98.4 Å². The molecule has 9 heteroatoms. The maximum atomic E-state index is 14.1. The van der Waals surface area contributed by atoms with E-state index >= 15 is 0 Å². The summed E-state index contributed by atoms with van der Waals surface area (Å²) in [7, 11) is 0. The second-order valence-corrected chi connectivity index (χ2v) is 10.6. The number of benzene rings is 2. The fraction of sp³-hybridized carbons (Fsp3) is 0.419. The van der Waals surface area contributed by atoms with E-state index in [1.165, 1.54) is 18.6 Å². The molecule has 0 aromatic heterocycles. The van der Waals surface area contributed by atoms with Crippen molar-refractivity contribution in [3.63, 3.8) is 0 Å². The van der Waals surface area contributed by atoms with Crippen LogP contribution in [0.3, 0.4) is 0 Å². The number of nitro benzene ring substituents is 1. The number of piperidine rings is 1. The third-order valence-corrected chi connectivity index (χ3v) is 7.25. The lowest BCUT2D eigenvalue weighted by molar-refractivity contribution is -0.384. The fourth-order valence-electron chi connectivity index (χ4n) is 5.41. The molecule has 2 atom stereocenters. The Hall–Kier alpha value is -3.98. The van der Waals surface area contributed by atoms with Crippen molar-refractivity contribution in [2.75, 3.05) is 19.6 Å². The van der Waals surface area contributed by atoms with Crippen molar-refractivity contribution in [1.29, 1.82) is 0 Å². The molecule has 2 aliphatic heterocycles. The molecule has 1 fully saturated rings. The molecule has 2 heterocycles. The van der Waals surface area contributed by atoms with Gasteiger partial charge in [-0.25, -0.2) is 9.59 Å². The topological polar surface area (TPSA) is 111 Å². The fourth-order valence-corrected chi connectivity index (χ4v) is 5.41. The van der Waals surface area contributed by atoms with Gasteiger partial charge < -0.3 is 14.8 Å². The van der Waals surface area contributed by atoms with E-state index in [1.807, 2.05) is 30.3 Å². The quantitative estimate of drug-likeness (QED) is 0.247. The predicted molar refractivity (Wildman–Crippen MR) is 151 cm³/mol. The smallest absolute Gasteiger partial charge is 0.337 e. The van der Waals surface area contributed by atoms with Gasteiger partial charge in [0.15, 0.2) is 0 Å². The molecular weight excluding hydrogens is 510 g/mol. The molecule has 0 radical (unpaired) electrons. The number of dihydropyridines is 1. The standard InChI is InChI=1S/C31H37N3O6/c1-20(2)39-30(35)27-21(3)32-22(4)28(29(27)24-14-11-15-25(18-24)34(37)38)31(36)40-26(23-12-7-5-8-13-23)19-33-16-9-6-10-17-33/h5,7-8,11-15,18,20,26,29,32H,6,9-10,16-17,19H2,1-4H3. The third kappa shape index (κ3) is 6.77. The van der Waals surface area contributed by atoms with Crippen LogP contribution in [-0.4, -0.2) is 47.5 Å². The number of allylic oxidation sites excluding steroid dienone is 2. The van der Waals surface area contributed by atoms with Crippen molar-refractivity contribution in [3.8, 4) is 0 Å². The summed E-state index contributed by atoms with van der Waals surface area (Å²) in [6.07, 6.45) is 2.47. The maximum absolute atomic E-state index is 14.1. The van der Waals surface area contributed by atoms with Gasteiger partial charge in [0.2, 0.25) is 0 Å². The minimum absolute atomic E-state index is 0.136. The van der Waals surface area contributed by atoms with E-state index in [-0.39, 0.29) is 16.8 Å². The summed E-state index contributed by atoms with van der Waals surface area (Å²) in [5.41, 5.74) is 2.66. The normalized spacial score (nSPS) is 18.8. The van der Waals surface area contributed by atoms with Gasteiger partial charge in [-0.15, -0.1) is 0 Å². The van der Waals surface area contributed by atoms with Gasteiger partial charge in [-0.1, -0.05) is 48.9 Å². The molecule has 4 rings (SSSR count). The number of carbonyl (C=O) groups excluding carboxylic acids is 2. The van der Waals surface area contributed by atoms with Gasteiger partial charge in [0.25, 0.3) is 5.69 Å². The number of ether oxygens (including phenoxy) is 2. The molecule has 0 spiro atoms. The Morgan fingerprint density at radius 3 is 2.17 bits per heavy atom. The van der Waals surface area contributed by atoms with E-state index in [9.17, 15) is 19.7 Å². The van der Waals surface area contributed by atoms with E-state index in [1.54, 1.807) is 39.8 Å². The van der Waals surface area contributed by atoms with Crippen molar-refractivity contribution in [2.24, 2.45) is 0 Å². The third-order valence-electron chi connectivity index (χ3n) is 7.25. The zero-order valence-corrected chi connectivity index (χ0v) is 23.5. The minimum atomic E-state index is -0.911. The van der Waals surface area contributed by atoms with Crippen molar-refractivity contribution < 1.29 is 24.0 Å². The number of nitro groups is 1. The molecule has 0 aliphatic carbocycles. The summed E-state index contributed by atoms with van der Waals surface area (Å²) < 4.78 is 11.8. The highest BCUT2D eigenvalue weighted by molar-refractivity contribution is 6.00. The molecule has 2 aliphatic rings. The van der Waals surface area contributed by atoms with Crippen LogP contribution in [0.2, 0.25) is 0 Å². The van der Waals surface area contributed by atoms with E-state index in [0.29, 0.717) is 23.5 Å². The van der Waals surface area contributed by atoms with Crippen LogP contribution in [0.15, 0.2) is 77.1 Å². The predicted octanol–water partition coefficient (Wildman–Crippen LogP) is 5.55. The van der Waals surface area contributed by atoms with Gasteiger partial charge in [-0.3, -0.25) is 15.0 Å². The zero-order valence-electron chi connectivity index (χ0n) is 23.5. The molecule has 0 bridgehead atoms. The Morgan fingerprint density at radius 2 is 1.57 bits per heavy atom. The van der Waals surface area contributed by atoms with Crippen LogP contribution in [0, 0.1) is 10.1 Å². The second kappa shape index (κ2) is 12.9. The zero-order chi connectivity index (χ0) is 28.8. The number of esters is 2. The second-order valence-electron chi connectivity index (χ2n) is 10.6. The first kappa shape index (κ1) is 29.0. The summed E-state index contributed by atoms with van der Waals surface area (Å²) in [4.78, 5) is 40.9. The van der Waals surface area contributed by atoms with Gasteiger partial charge in [-0.05, 0) is 64.8 Å². The van der Waals surface area contributed by atoms with Gasteiger partial charge in [0.05, 0.1) is 28.1 Å². The molecule has 0 amide bonds. The number of nitrogens with zero attached hydrogens (tertiary/aromatic N) is 2. The van der Waals surface area contributed by atoms with Gasteiger partial charge in [0, 0.05) is 30.1 Å². The number of nitrogens with one attached hydrogen (secondary N) is 1. The van der Waals surface area contributed by atoms with Crippen LogP contribution < -0.4 is 5.32 Å².